The second-order valence-electron chi connectivity index (χ2n) is 5.98. The molecule has 1 aromatic heterocycles. The molecule has 0 unspecified atom stereocenters. The van der Waals surface area contributed by atoms with E-state index in [0.717, 1.165) is 10.9 Å². The van der Waals surface area contributed by atoms with E-state index in [1.807, 2.05) is 0 Å². The standard InChI is InChI=1S/C21H18O7/c1-13-9-20(23)28-19-10-14(7-8-15(13)19)26-12-21(24)27-11-17(22)16-5-3-4-6-18(16)25-2/h3-10H,11-12H2,1-2H3. The van der Waals surface area contributed by atoms with Gasteiger partial charge in [-0.3, -0.25) is 4.79 Å². The van der Waals surface area contributed by atoms with Crippen LogP contribution < -0.4 is 15.1 Å². The lowest BCUT2D eigenvalue weighted by atomic mass is 10.1. The van der Waals surface area contributed by atoms with Crippen molar-refractivity contribution in [1.29, 1.82) is 0 Å². The summed E-state index contributed by atoms with van der Waals surface area (Å²) in [5.41, 5.74) is 1.02. The number of hydrogen-bond acceptors (Lipinski definition) is 7. The van der Waals surface area contributed by atoms with E-state index in [9.17, 15) is 14.4 Å². The molecule has 0 aliphatic heterocycles. The van der Waals surface area contributed by atoms with E-state index in [0.29, 0.717) is 22.6 Å². The van der Waals surface area contributed by atoms with Gasteiger partial charge in [-0.25, -0.2) is 9.59 Å². The number of fused-ring (bicyclic) bond motifs is 1. The van der Waals surface area contributed by atoms with E-state index < -0.39 is 18.2 Å². The Hall–Kier alpha value is -3.61. The monoisotopic (exact) mass is 382 g/mol. The summed E-state index contributed by atoms with van der Waals surface area (Å²) >= 11 is 0. The minimum absolute atomic E-state index is 0.332. The smallest absolute Gasteiger partial charge is 0.344 e. The topological polar surface area (TPSA) is 92.0 Å². The molecular formula is C21H18O7. The highest BCUT2D eigenvalue weighted by Crippen LogP contribution is 2.22. The highest BCUT2D eigenvalue weighted by molar-refractivity contribution is 6.00. The van der Waals surface area contributed by atoms with Gasteiger partial charge in [0.15, 0.2) is 13.2 Å². The molecule has 0 aliphatic carbocycles. The molecule has 0 bridgehead atoms. The molecule has 0 saturated heterocycles. The van der Waals surface area contributed by atoms with E-state index in [4.69, 9.17) is 18.6 Å². The average molecular weight is 382 g/mol. The number of carbonyl (C=O) groups excluding carboxylic acids is 2. The van der Waals surface area contributed by atoms with Gasteiger partial charge in [0.2, 0.25) is 5.78 Å². The van der Waals surface area contributed by atoms with Crippen LogP contribution in [0.2, 0.25) is 0 Å². The summed E-state index contributed by atoms with van der Waals surface area (Å²) in [6.45, 7) is 0.991. The summed E-state index contributed by atoms with van der Waals surface area (Å²) in [5, 5.41) is 0.775. The van der Waals surface area contributed by atoms with Crippen molar-refractivity contribution in [2.45, 2.75) is 6.92 Å². The maximum Gasteiger partial charge on any atom is 0.344 e. The van der Waals surface area contributed by atoms with Gasteiger partial charge in [-0.15, -0.1) is 0 Å². The van der Waals surface area contributed by atoms with E-state index >= 15 is 0 Å². The number of hydrogen-bond donors (Lipinski definition) is 0. The first-order valence-electron chi connectivity index (χ1n) is 8.47. The molecule has 0 fully saturated rings. The molecule has 7 heteroatoms. The number of benzene rings is 2. The molecule has 144 valence electrons. The third kappa shape index (κ3) is 4.37. The zero-order valence-electron chi connectivity index (χ0n) is 15.4. The Morgan fingerprint density at radius 3 is 2.61 bits per heavy atom. The number of esters is 1. The van der Waals surface area contributed by atoms with E-state index in [-0.39, 0.29) is 12.4 Å². The third-order valence-electron chi connectivity index (χ3n) is 4.05. The lowest BCUT2D eigenvalue weighted by molar-refractivity contribution is -0.144. The summed E-state index contributed by atoms with van der Waals surface area (Å²) in [7, 11) is 1.46. The predicted octanol–water partition coefficient (Wildman–Crippen LogP) is 2.91. The van der Waals surface area contributed by atoms with E-state index in [1.165, 1.54) is 19.2 Å². The maximum atomic E-state index is 12.2. The number of carbonyl (C=O) groups is 2. The Morgan fingerprint density at radius 2 is 1.82 bits per heavy atom. The van der Waals surface area contributed by atoms with Crippen LogP contribution in [0.15, 0.2) is 57.7 Å². The summed E-state index contributed by atoms with van der Waals surface area (Å²) < 4.78 is 20.6. The number of ketones is 1. The van der Waals surface area contributed by atoms with Crippen molar-refractivity contribution < 1.29 is 28.2 Å². The van der Waals surface area contributed by atoms with Crippen LogP contribution in [0.1, 0.15) is 15.9 Å². The molecule has 0 atom stereocenters. The Kier molecular flexibility index (Phi) is 5.74. The fourth-order valence-corrected chi connectivity index (χ4v) is 2.68. The van der Waals surface area contributed by atoms with Crippen molar-refractivity contribution in [3.63, 3.8) is 0 Å². The van der Waals surface area contributed by atoms with Crippen molar-refractivity contribution in [3.05, 3.63) is 70.1 Å². The third-order valence-corrected chi connectivity index (χ3v) is 4.05. The van der Waals surface area contributed by atoms with Crippen LogP contribution in [0.4, 0.5) is 0 Å². The Bertz CT molecular complexity index is 1080. The van der Waals surface area contributed by atoms with Crippen molar-refractivity contribution in [2.24, 2.45) is 0 Å². The van der Waals surface area contributed by atoms with Crippen molar-refractivity contribution in [3.8, 4) is 11.5 Å². The van der Waals surface area contributed by atoms with Gasteiger partial charge < -0.3 is 18.6 Å². The van der Waals surface area contributed by atoms with Crippen LogP contribution in [-0.4, -0.2) is 32.1 Å². The lowest BCUT2D eigenvalue weighted by Gasteiger charge is -2.09. The molecule has 0 amide bonds. The van der Waals surface area contributed by atoms with E-state index in [1.54, 1.807) is 43.3 Å². The van der Waals surface area contributed by atoms with E-state index in [2.05, 4.69) is 0 Å². The molecule has 0 spiro atoms. The first kappa shape index (κ1) is 19.2. The van der Waals surface area contributed by atoms with Gasteiger partial charge in [0.05, 0.1) is 12.7 Å². The van der Waals surface area contributed by atoms with Gasteiger partial charge >= 0.3 is 11.6 Å². The Morgan fingerprint density at radius 1 is 1.04 bits per heavy atom. The molecule has 0 radical (unpaired) electrons. The van der Waals surface area contributed by atoms with Crippen LogP contribution in [0.5, 0.6) is 11.5 Å². The first-order valence-corrected chi connectivity index (χ1v) is 8.47. The number of aryl methyl sites for hydroxylation is 1. The van der Waals surface area contributed by atoms with Crippen LogP contribution in [0, 0.1) is 6.92 Å². The number of Topliss-reactive ketones (excluding diaryl/α,β-unsaturated/α-hetero) is 1. The maximum absolute atomic E-state index is 12.2. The van der Waals surface area contributed by atoms with Crippen LogP contribution in [0.3, 0.4) is 0 Å². The van der Waals surface area contributed by atoms with Crippen molar-refractivity contribution in [2.75, 3.05) is 20.3 Å². The summed E-state index contributed by atoms with van der Waals surface area (Å²) in [4.78, 5) is 35.5. The molecule has 7 nitrogen and oxygen atoms in total. The molecular weight excluding hydrogens is 364 g/mol. The van der Waals surface area contributed by atoms with Crippen LogP contribution in [-0.2, 0) is 9.53 Å². The quantitative estimate of drug-likeness (QED) is 0.352. The molecule has 0 saturated carbocycles. The fourth-order valence-electron chi connectivity index (χ4n) is 2.68. The highest BCUT2D eigenvalue weighted by Gasteiger charge is 2.14. The van der Waals surface area contributed by atoms with Crippen molar-refractivity contribution in [1.82, 2.24) is 0 Å². The normalized spacial score (nSPS) is 10.5. The minimum atomic E-state index is -0.700. The minimum Gasteiger partial charge on any atom is -0.496 e. The zero-order valence-corrected chi connectivity index (χ0v) is 15.4. The largest absolute Gasteiger partial charge is 0.496 e. The van der Waals surface area contributed by atoms with Gasteiger partial charge in [0.1, 0.15) is 17.1 Å². The molecule has 2 aromatic carbocycles. The predicted molar refractivity (Wildman–Crippen MR) is 101 cm³/mol. The van der Waals surface area contributed by atoms with Crippen molar-refractivity contribution >= 4 is 22.7 Å². The Labute approximate surface area is 160 Å². The molecule has 0 N–H and O–H groups in total. The molecule has 28 heavy (non-hydrogen) atoms. The number of para-hydroxylation sites is 1. The lowest BCUT2D eigenvalue weighted by Crippen LogP contribution is -2.19. The average Bonchev–Trinajstić information content (AvgIpc) is 2.69. The summed E-state index contributed by atoms with van der Waals surface area (Å²) in [5.74, 6) is -0.329. The van der Waals surface area contributed by atoms with Crippen LogP contribution in [0.25, 0.3) is 11.0 Å². The first-order chi connectivity index (χ1) is 13.5. The van der Waals surface area contributed by atoms with Gasteiger partial charge in [-0.1, -0.05) is 12.1 Å². The Balaban J connectivity index is 1.58. The summed E-state index contributed by atoms with van der Waals surface area (Å²) in [6, 6.07) is 13.0. The number of methoxy groups -OCH3 is 1. The molecule has 1 heterocycles. The number of rotatable bonds is 7. The van der Waals surface area contributed by atoms with Crippen LogP contribution >= 0.6 is 0 Å². The van der Waals surface area contributed by atoms with Gasteiger partial charge in [-0.05, 0) is 36.8 Å². The molecule has 0 aliphatic rings. The fraction of sp³-hybridized carbons (Fsp3) is 0.190. The second kappa shape index (κ2) is 8.39. The summed E-state index contributed by atoms with van der Waals surface area (Å²) in [6.07, 6.45) is 0. The zero-order chi connectivity index (χ0) is 20.1. The van der Waals surface area contributed by atoms with Gasteiger partial charge in [0, 0.05) is 17.5 Å². The van der Waals surface area contributed by atoms with Gasteiger partial charge in [0.25, 0.3) is 0 Å². The molecule has 3 rings (SSSR count). The second-order valence-corrected chi connectivity index (χ2v) is 5.98. The highest BCUT2D eigenvalue weighted by atomic mass is 16.6. The SMILES string of the molecule is COc1ccccc1C(=O)COC(=O)COc1ccc2c(C)cc(=O)oc2c1. The van der Waals surface area contributed by atoms with Gasteiger partial charge in [-0.2, -0.15) is 0 Å². The molecule has 3 aromatic rings. The number of ether oxygens (including phenoxy) is 3.